The van der Waals surface area contributed by atoms with Crippen LogP contribution in [0, 0.1) is 0 Å². The van der Waals surface area contributed by atoms with Crippen molar-refractivity contribution in [3.8, 4) is 0 Å². The monoisotopic (exact) mass is 285 g/mol. The number of piperazine rings is 1. The molecule has 1 aliphatic heterocycles. The summed E-state index contributed by atoms with van der Waals surface area (Å²) in [7, 11) is 0. The summed E-state index contributed by atoms with van der Waals surface area (Å²) >= 11 is 0. The van der Waals surface area contributed by atoms with Gasteiger partial charge in [0, 0.05) is 33.1 Å². The Morgan fingerprint density at radius 1 is 1.05 bits per heavy atom. The molecular formula is C13H23N3O4. The summed E-state index contributed by atoms with van der Waals surface area (Å²) in [6.07, 6.45) is -0.355. The maximum atomic E-state index is 11.8. The quantitative estimate of drug-likeness (QED) is 0.786. The highest BCUT2D eigenvalue weighted by molar-refractivity contribution is 5.83. The molecule has 7 nitrogen and oxygen atoms in total. The van der Waals surface area contributed by atoms with E-state index in [-0.39, 0.29) is 24.5 Å². The molecule has 114 valence electrons. The summed E-state index contributed by atoms with van der Waals surface area (Å²) in [5.41, 5.74) is -0.518. The fourth-order valence-corrected chi connectivity index (χ4v) is 1.78. The molecule has 1 fully saturated rings. The molecule has 0 radical (unpaired) electrons. The lowest BCUT2D eigenvalue weighted by molar-refractivity contribution is -0.133. The van der Waals surface area contributed by atoms with E-state index in [4.69, 9.17) is 4.74 Å². The fraction of sp³-hybridized carbons (Fsp3) is 0.769. The normalized spacial score (nSPS) is 15.8. The third-order valence-corrected chi connectivity index (χ3v) is 2.77. The van der Waals surface area contributed by atoms with Crippen LogP contribution in [0.3, 0.4) is 0 Å². The van der Waals surface area contributed by atoms with Crippen molar-refractivity contribution in [1.29, 1.82) is 0 Å². The standard InChI is InChI=1S/C13H23N3O4/c1-10(17)14-9-11(18)15-5-7-16(8-6-15)12(19)20-13(2,3)4/h5-9H2,1-4H3,(H,14,17). The van der Waals surface area contributed by atoms with Crippen molar-refractivity contribution in [1.82, 2.24) is 15.1 Å². The van der Waals surface area contributed by atoms with Crippen LogP contribution in [0.4, 0.5) is 4.79 Å². The first-order valence-corrected chi connectivity index (χ1v) is 6.69. The van der Waals surface area contributed by atoms with Gasteiger partial charge in [0.1, 0.15) is 5.60 Å². The highest BCUT2D eigenvalue weighted by Crippen LogP contribution is 2.11. The van der Waals surface area contributed by atoms with Crippen LogP contribution < -0.4 is 5.32 Å². The summed E-state index contributed by atoms with van der Waals surface area (Å²) in [4.78, 5) is 37.6. The van der Waals surface area contributed by atoms with Gasteiger partial charge in [-0.2, -0.15) is 0 Å². The predicted octanol–water partition coefficient (Wildman–Crippen LogP) is 0.202. The molecular weight excluding hydrogens is 262 g/mol. The molecule has 0 aromatic carbocycles. The van der Waals surface area contributed by atoms with Crippen LogP contribution in [0.1, 0.15) is 27.7 Å². The number of hydrogen-bond donors (Lipinski definition) is 1. The Bertz CT molecular complexity index is 382. The van der Waals surface area contributed by atoms with E-state index in [1.807, 2.05) is 20.8 Å². The molecule has 0 bridgehead atoms. The zero-order chi connectivity index (χ0) is 15.3. The second kappa shape index (κ2) is 6.58. The predicted molar refractivity (Wildman–Crippen MR) is 73.1 cm³/mol. The molecule has 1 N–H and O–H groups in total. The van der Waals surface area contributed by atoms with E-state index in [1.165, 1.54) is 6.92 Å². The molecule has 0 saturated carbocycles. The van der Waals surface area contributed by atoms with E-state index < -0.39 is 5.60 Å². The van der Waals surface area contributed by atoms with Crippen molar-refractivity contribution in [3.05, 3.63) is 0 Å². The number of ether oxygens (including phenoxy) is 1. The average molecular weight is 285 g/mol. The molecule has 7 heteroatoms. The highest BCUT2D eigenvalue weighted by atomic mass is 16.6. The second-order valence-corrected chi connectivity index (χ2v) is 5.76. The minimum Gasteiger partial charge on any atom is -0.444 e. The van der Waals surface area contributed by atoms with Crippen molar-refractivity contribution in [2.24, 2.45) is 0 Å². The van der Waals surface area contributed by atoms with Crippen LogP contribution >= 0.6 is 0 Å². The number of rotatable bonds is 2. The number of carbonyl (C=O) groups excluding carboxylic acids is 3. The number of amides is 3. The van der Waals surface area contributed by atoms with Crippen molar-refractivity contribution in [2.75, 3.05) is 32.7 Å². The van der Waals surface area contributed by atoms with Crippen molar-refractivity contribution < 1.29 is 19.1 Å². The van der Waals surface area contributed by atoms with E-state index in [2.05, 4.69) is 5.32 Å². The molecule has 3 amide bonds. The molecule has 0 spiro atoms. The molecule has 1 heterocycles. The van der Waals surface area contributed by atoms with Crippen LogP contribution in [0.25, 0.3) is 0 Å². The second-order valence-electron chi connectivity index (χ2n) is 5.76. The van der Waals surface area contributed by atoms with E-state index >= 15 is 0 Å². The lowest BCUT2D eigenvalue weighted by atomic mass is 10.2. The average Bonchev–Trinajstić information content (AvgIpc) is 2.34. The van der Waals surface area contributed by atoms with E-state index in [0.29, 0.717) is 26.2 Å². The SMILES string of the molecule is CC(=O)NCC(=O)N1CCN(C(=O)OC(C)(C)C)CC1. The molecule has 0 aliphatic carbocycles. The van der Waals surface area contributed by atoms with Gasteiger partial charge in [-0.15, -0.1) is 0 Å². The molecule has 0 aromatic heterocycles. The van der Waals surface area contributed by atoms with Crippen LogP contribution in [-0.2, 0) is 14.3 Å². The zero-order valence-corrected chi connectivity index (χ0v) is 12.6. The summed E-state index contributed by atoms with van der Waals surface area (Å²) in [5.74, 6) is -0.366. The molecule has 0 aromatic rings. The van der Waals surface area contributed by atoms with Crippen LogP contribution in [0.15, 0.2) is 0 Å². The number of nitrogens with zero attached hydrogens (tertiary/aromatic N) is 2. The maximum absolute atomic E-state index is 11.8. The zero-order valence-electron chi connectivity index (χ0n) is 12.6. The van der Waals surface area contributed by atoms with Crippen molar-refractivity contribution in [2.45, 2.75) is 33.3 Å². The van der Waals surface area contributed by atoms with Crippen molar-refractivity contribution >= 4 is 17.9 Å². The minimum atomic E-state index is -0.518. The third kappa shape index (κ3) is 5.46. The Labute approximate surface area is 119 Å². The first-order chi connectivity index (χ1) is 9.19. The van der Waals surface area contributed by atoms with Crippen molar-refractivity contribution in [3.63, 3.8) is 0 Å². The minimum absolute atomic E-state index is 0.00176. The van der Waals surface area contributed by atoms with E-state index in [0.717, 1.165) is 0 Å². The third-order valence-electron chi connectivity index (χ3n) is 2.77. The van der Waals surface area contributed by atoms with Gasteiger partial charge in [-0.25, -0.2) is 4.79 Å². The van der Waals surface area contributed by atoms with E-state index in [1.54, 1.807) is 9.80 Å². The van der Waals surface area contributed by atoms with Crippen LogP contribution in [0.2, 0.25) is 0 Å². The van der Waals surface area contributed by atoms with Gasteiger partial charge in [0.15, 0.2) is 0 Å². The Kier molecular flexibility index (Phi) is 5.35. The van der Waals surface area contributed by atoms with Gasteiger partial charge in [0.2, 0.25) is 11.8 Å². The topological polar surface area (TPSA) is 79.0 Å². The summed E-state index contributed by atoms with van der Waals surface area (Å²) in [6.45, 7) is 8.63. The van der Waals surface area contributed by atoms with E-state index in [9.17, 15) is 14.4 Å². The van der Waals surface area contributed by atoms with Gasteiger partial charge in [-0.3, -0.25) is 9.59 Å². The Balaban J connectivity index is 2.38. The lowest BCUT2D eigenvalue weighted by Gasteiger charge is -2.35. The maximum Gasteiger partial charge on any atom is 0.410 e. The smallest absolute Gasteiger partial charge is 0.410 e. The molecule has 1 saturated heterocycles. The van der Waals surface area contributed by atoms with Gasteiger partial charge in [0.25, 0.3) is 0 Å². The fourth-order valence-electron chi connectivity index (χ4n) is 1.78. The number of carbonyl (C=O) groups is 3. The number of hydrogen-bond acceptors (Lipinski definition) is 4. The van der Waals surface area contributed by atoms with Crippen LogP contribution in [-0.4, -0.2) is 66.0 Å². The Hall–Kier alpha value is -1.79. The highest BCUT2D eigenvalue weighted by Gasteiger charge is 2.27. The molecule has 20 heavy (non-hydrogen) atoms. The largest absolute Gasteiger partial charge is 0.444 e. The Morgan fingerprint density at radius 2 is 1.55 bits per heavy atom. The summed E-state index contributed by atoms with van der Waals surface area (Å²) < 4.78 is 5.28. The molecule has 1 rings (SSSR count). The van der Waals surface area contributed by atoms with Crippen LogP contribution in [0.5, 0.6) is 0 Å². The van der Waals surface area contributed by atoms with Gasteiger partial charge in [0.05, 0.1) is 6.54 Å². The van der Waals surface area contributed by atoms with Gasteiger partial charge in [-0.05, 0) is 20.8 Å². The van der Waals surface area contributed by atoms with Gasteiger partial charge < -0.3 is 19.9 Å². The molecule has 0 atom stereocenters. The lowest BCUT2D eigenvalue weighted by Crippen LogP contribution is -2.53. The van der Waals surface area contributed by atoms with Gasteiger partial charge >= 0.3 is 6.09 Å². The molecule has 1 aliphatic rings. The summed E-state index contributed by atoms with van der Waals surface area (Å²) in [6, 6.07) is 0. The Morgan fingerprint density at radius 3 is 2.00 bits per heavy atom. The van der Waals surface area contributed by atoms with Gasteiger partial charge in [-0.1, -0.05) is 0 Å². The number of nitrogens with one attached hydrogen (secondary N) is 1. The first kappa shape index (κ1) is 16.3. The molecule has 0 unspecified atom stereocenters. The first-order valence-electron chi connectivity index (χ1n) is 6.69. The summed E-state index contributed by atoms with van der Waals surface area (Å²) in [5, 5.41) is 2.47.